The van der Waals surface area contributed by atoms with E-state index in [0.29, 0.717) is 39.4 Å². The Kier molecular flexibility index (Phi) is 8.32. The van der Waals surface area contributed by atoms with E-state index < -0.39 is 0 Å². The molecule has 4 heteroatoms. The highest BCUT2D eigenvalue weighted by molar-refractivity contribution is 5.79. The molecule has 0 saturated heterocycles. The van der Waals surface area contributed by atoms with Crippen molar-refractivity contribution in [3.63, 3.8) is 0 Å². The summed E-state index contributed by atoms with van der Waals surface area (Å²) in [6.45, 7) is 9.04. The minimum absolute atomic E-state index is 0.0390. The normalized spacial score (nSPS) is 10.7. The Balaban J connectivity index is 1.80. The molecule has 0 saturated carbocycles. The summed E-state index contributed by atoms with van der Waals surface area (Å²) in [5.41, 5.74) is 5.58. The maximum atomic E-state index is 12.3. The van der Waals surface area contributed by atoms with Crippen LogP contribution in [0.25, 0.3) is 0 Å². The van der Waals surface area contributed by atoms with Crippen molar-refractivity contribution in [3.05, 3.63) is 70.3 Å². The maximum Gasteiger partial charge on any atom is 0.224 e. The molecule has 2 aromatic carbocycles. The van der Waals surface area contributed by atoms with E-state index >= 15 is 0 Å². The molecule has 0 aliphatic rings. The van der Waals surface area contributed by atoms with Crippen molar-refractivity contribution in [3.8, 4) is 0 Å². The van der Waals surface area contributed by atoms with Crippen LogP contribution in [0.2, 0.25) is 0 Å². The van der Waals surface area contributed by atoms with Crippen LogP contribution >= 0.6 is 0 Å². The van der Waals surface area contributed by atoms with Gasteiger partial charge in [-0.1, -0.05) is 48.0 Å². The number of carbonyl (C=O) groups is 1. The van der Waals surface area contributed by atoms with Crippen molar-refractivity contribution < 1.29 is 14.3 Å². The van der Waals surface area contributed by atoms with Gasteiger partial charge in [-0.05, 0) is 43.0 Å². The molecule has 0 unspecified atom stereocenters. The van der Waals surface area contributed by atoms with Crippen LogP contribution in [0.5, 0.6) is 0 Å². The fourth-order valence-corrected chi connectivity index (χ4v) is 2.71. The molecule has 0 bridgehead atoms. The lowest BCUT2D eigenvalue weighted by molar-refractivity contribution is -0.120. The highest BCUT2D eigenvalue weighted by Gasteiger charge is 2.06. The maximum absolute atomic E-state index is 12.3. The Morgan fingerprint density at radius 3 is 2.58 bits per heavy atom. The Labute approximate surface area is 156 Å². The molecule has 4 nitrogen and oxygen atoms in total. The van der Waals surface area contributed by atoms with Crippen LogP contribution in [0, 0.1) is 13.8 Å². The summed E-state index contributed by atoms with van der Waals surface area (Å²) < 4.78 is 10.8. The second-order valence-corrected chi connectivity index (χ2v) is 6.45. The number of rotatable bonds is 10. The number of hydrogen-bond acceptors (Lipinski definition) is 3. The zero-order chi connectivity index (χ0) is 18.8. The monoisotopic (exact) mass is 355 g/mol. The quantitative estimate of drug-likeness (QED) is 0.661. The van der Waals surface area contributed by atoms with Gasteiger partial charge in [-0.3, -0.25) is 4.79 Å². The van der Waals surface area contributed by atoms with Crippen LogP contribution in [0.1, 0.15) is 34.7 Å². The van der Waals surface area contributed by atoms with Crippen LogP contribution in [0.15, 0.2) is 42.5 Å². The van der Waals surface area contributed by atoms with Gasteiger partial charge >= 0.3 is 0 Å². The lowest BCUT2D eigenvalue weighted by atomic mass is 10.0. The molecule has 1 N–H and O–H groups in total. The molecule has 140 valence electrons. The van der Waals surface area contributed by atoms with E-state index in [9.17, 15) is 4.79 Å². The largest absolute Gasteiger partial charge is 0.379 e. The Bertz CT molecular complexity index is 712. The van der Waals surface area contributed by atoms with E-state index in [-0.39, 0.29) is 5.91 Å². The smallest absolute Gasteiger partial charge is 0.224 e. The summed E-state index contributed by atoms with van der Waals surface area (Å²) in [5.74, 6) is 0.0390. The highest BCUT2D eigenvalue weighted by atomic mass is 16.5. The summed E-state index contributed by atoms with van der Waals surface area (Å²) in [4.78, 5) is 12.3. The molecule has 0 aliphatic carbocycles. The molecule has 0 heterocycles. The number of carbonyl (C=O) groups excluding carboxylic acids is 1. The molecular formula is C22H29NO3. The number of aryl methyl sites for hydroxylation is 2. The fourth-order valence-electron chi connectivity index (χ4n) is 2.71. The van der Waals surface area contributed by atoms with Gasteiger partial charge < -0.3 is 14.8 Å². The first-order chi connectivity index (χ1) is 12.6. The van der Waals surface area contributed by atoms with E-state index in [4.69, 9.17) is 9.47 Å². The van der Waals surface area contributed by atoms with E-state index in [2.05, 4.69) is 29.6 Å². The van der Waals surface area contributed by atoms with Gasteiger partial charge in [-0.2, -0.15) is 0 Å². The van der Waals surface area contributed by atoms with Crippen molar-refractivity contribution in [1.29, 1.82) is 0 Å². The SMILES string of the molecule is CCOCCOCc1cccc(CNC(=O)Cc2cc(C)ccc2C)c1. The van der Waals surface area contributed by atoms with Crippen molar-refractivity contribution in [2.24, 2.45) is 0 Å². The molecule has 2 aromatic rings. The van der Waals surface area contributed by atoms with Crippen LogP contribution in [-0.2, 0) is 33.8 Å². The minimum Gasteiger partial charge on any atom is -0.379 e. The van der Waals surface area contributed by atoms with E-state index in [1.807, 2.05) is 39.0 Å². The topological polar surface area (TPSA) is 47.6 Å². The first-order valence-electron chi connectivity index (χ1n) is 9.14. The molecular weight excluding hydrogens is 326 g/mol. The zero-order valence-corrected chi connectivity index (χ0v) is 16.0. The summed E-state index contributed by atoms with van der Waals surface area (Å²) in [6.07, 6.45) is 0.410. The van der Waals surface area contributed by atoms with Gasteiger partial charge in [0.2, 0.25) is 5.91 Å². The molecule has 0 aliphatic heterocycles. The third-order valence-corrected chi connectivity index (χ3v) is 4.18. The molecule has 0 atom stereocenters. The summed E-state index contributed by atoms with van der Waals surface area (Å²) in [6, 6.07) is 14.3. The molecule has 2 rings (SSSR count). The second-order valence-electron chi connectivity index (χ2n) is 6.45. The highest BCUT2D eigenvalue weighted by Crippen LogP contribution is 2.12. The molecule has 0 fully saturated rings. The van der Waals surface area contributed by atoms with Crippen molar-refractivity contribution in [2.45, 2.75) is 40.3 Å². The Morgan fingerprint density at radius 2 is 1.77 bits per heavy atom. The van der Waals surface area contributed by atoms with E-state index in [1.165, 1.54) is 5.56 Å². The van der Waals surface area contributed by atoms with Gasteiger partial charge in [0.25, 0.3) is 0 Å². The first kappa shape index (κ1) is 20.1. The Morgan fingerprint density at radius 1 is 1.00 bits per heavy atom. The number of ether oxygens (including phenoxy) is 2. The van der Waals surface area contributed by atoms with Gasteiger partial charge in [0.1, 0.15) is 0 Å². The molecule has 1 amide bonds. The van der Waals surface area contributed by atoms with Crippen molar-refractivity contribution in [2.75, 3.05) is 19.8 Å². The van der Waals surface area contributed by atoms with Gasteiger partial charge in [0, 0.05) is 13.2 Å². The van der Waals surface area contributed by atoms with Crippen molar-refractivity contribution >= 4 is 5.91 Å². The standard InChI is InChI=1S/C22H29NO3/c1-4-25-10-11-26-16-20-7-5-6-19(13-20)15-23-22(24)14-21-12-17(2)8-9-18(21)3/h5-9,12-13H,4,10-11,14-16H2,1-3H3,(H,23,24). The molecule has 0 radical (unpaired) electrons. The number of hydrogen-bond donors (Lipinski definition) is 1. The summed E-state index contributed by atoms with van der Waals surface area (Å²) >= 11 is 0. The van der Waals surface area contributed by atoms with Gasteiger partial charge in [0.05, 0.1) is 26.2 Å². The van der Waals surface area contributed by atoms with Crippen molar-refractivity contribution in [1.82, 2.24) is 5.32 Å². The minimum atomic E-state index is 0.0390. The van der Waals surface area contributed by atoms with Crippen LogP contribution < -0.4 is 5.32 Å². The molecule has 0 spiro atoms. The second kappa shape index (κ2) is 10.7. The summed E-state index contributed by atoms with van der Waals surface area (Å²) in [7, 11) is 0. The predicted octanol–water partition coefficient (Wildman–Crippen LogP) is 3.72. The average Bonchev–Trinajstić information content (AvgIpc) is 2.63. The number of nitrogens with one attached hydrogen (secondary N) is 1. The first-order valence-corrected chi connectivity index (χ1v) is 9.14. The van der Waals surface area contributed by atoms with Gasteiger partial charge in [0.15, 0.2) is 0 Å². The average molecular weight is 355 g/mol. The van der Waals surface area contributed by atoms with Crippen LogP contribution in [0.3, 0.4) is 0 Å². The van der Waals surface area contributed by atoms with Crippen LogP contribution in [0.4, 0.5) is 0 Å². The third kappa shape index (κ3) is 6.98. The van der Waals surface area contributed by atoms with Gasteiger partial charge in [-0.25, -0.2) is 0 Å². The molecule has 0 aromatic heterocycles. The third-order valence-electron chi connectivity index (χ3n) is 4.18. The lowest BCUT2D eigenvalue weighted by Gasteiger charge is -2.10. The fraction of sp³-hybridized carbons (Fsp3) is 0.409. The Hall–Kier alpha value is -2.17. The van der Waals surface area contributed by atoms with E-state index in [0.717, 1.165) is 22.3 Å². The predicted molar refractivity (Wildman–Crippen MR) is 104 cm³/mol. The molecule has 26 heavy (non-hydrogen) atoms. The zero-order valence-electron chi connectivity index (χ0n) is 16.0. The van der Waals surface area contributed by atoms with Gasteiger partial charge in [-0.15, -0.1) is 0 Å². The number of benzene rings is 2. The number of amides is 1. The lowest BCUT2D eigenvalue weighted by Crippen LogP contribution is -2.25. The van der Waals surface area contributed by atoms with E-state index in [1.54, 1.807) is 0 Å². The summed E-state index contributed by atoms with van der Waals surface area (Å²) in [5, 5.41) is 3.01. The van der Waals surface area contributed by atoms with Crippen LogP contribution in [-0.4, -0.2) is 25.7 Å².